The zero-order valence-electron chi connectivity index (χ0n) is 10.3. The van der Waals surface area contributed by atoms with Gasteiger partial charge in [-0.05, 0) is 33.5 Å². The maximum atomic E-state index is 13.6. The molecule has 0 fully saturated rings. The number of carbonyl (C=O) groups is 1. The van der Waals surface area contributed by atoms with E-state index in [1.54, 1.807) is 0 Å². The largest absolute Gasteiger partial charge is 0.302 e. The monoisotopic (exact) mass is 241 g/mol. The van der Waals surface area contributed by atoms with Crippen LogP contribution in [-0.4, -0.2) is 24.8 Å². The molecule has 1 atom stereocenters. The van der Waals surface area contributed by atoms with E-state index in [-0.39, 0.29) is 11.8 Å². The Labute approximate surface area is 100 Å². The van der Waals surface area contributed by atoms with Gasteiger partial charge in [-0.2, -0.15) is 0 Å². The summed E-state index contributed by atoms with van der Waals surface area (Å²) < 4.78 is 26.5. The van der Waals surface area contributed by atoms with E-state index in [1.807, 2.05) is 19.0 Å². The summed E-state index contributed by atoms with van der Waals surface area (Å²) in [5.41, 5.74) is 0.428. The first-order valence-electron chi connectivity index (χ1n) is 5.52. The third-order valence-electron chi connectivity index (χ3n) is 2.71. The van der Waals surface area contributed by atoms with Gasteiger partial charge in [0, 0.05) is 24.1 Å². The van der Waals surface area contributed by atoms with Crippen molar-refractivity contribution in [3.63, 3.8) is 0 Å². The van der Waals surface area contributed by atoms with Crippen molar-refractivity contribution in [1.29, 1.82) is 0 Å². The molecule has 2 nitrogen and oxygen atoms in total. The predicted molar refractivity (Wildman–Crippen MR) is 62.7 cm³/mol. The number of nitrogens with zero attached hydrogens (tertiary/aromatic N) is 1. The Kier molecular flexibility index (Phi) is 4.75. The number of benzene rings is 1. The number of hydrogen-bond donors (Lipinski definition) is 0. The van der Waals surface area contributed by atoms with Gasteiger partial charge >= 0.3 is 0 Å². The van der Waals surface area contributed by atoms with E-state index in [1.165, 1.54) is 19.1 Å². The molecule has 0 heterocycles. The third-order valence-corrected chi connectivity index (χ3v) is 2.71. The van der Waals surface area contributed by atoms with Gasteiger partial charge in [-0.1, -0.05) is 6.07 Å². The molecule has 0 radical (unpaired) electrons. The molecule has 1 unspecified atom stereocenters. The first-order chi connectivity index (χ1) is 7.91. The summed E-state index contributed by atoms with van der Waals surface area (Å²) in [6.07, 6.45) is 0.921. The highest BCUT2D eigenvalue weighted by Crippen LogP contribution is 2.26. The van der Waals surface area contributed by atoms with Crippen LogP contribution in [0.25, 0.3) is 0 Å². The van der Waals surface area contributed by atoms with Crippen molar-refractivity contribution in [2.75, 3.05) is 14.1 Å². The molecule has 94 valence electrons. The summed E-state index contributed by atoms with van der Waals surface area (Å²) in [6, 6.07) is 3.34. The van der Waals surface area contributed by atoms with Crippen molar-refractivity contribution in [3.8, 4) is 0 Å². The van der Waals surface area contributed by atoms with Gasteiger partial charge < -0.3 is 9.69 Å². The fourth-order valence-corrected chi connectivity index (χ4v) is 1.80. The molecule has 0 aromatic heterocycles. The smallest absolute Gasteiger partial charge is 0.130 e. The number of hydrogen-bond acceptors (Lipinski definition) is 2. The average molecular weight is 241 g/mol. The zero-order chi connectivity index (χ0) is 13.0. The number of carbonyl (C=O) groups excluding carboxylic acids is 1. The van der Waals surface area contributed by atoms with Crippen LogP contribution >= 0.6 is 0 Å². The lowest BCUT2D eigenvalue weighted by atomic mass is 9.99. The Balaban J connectivity index is 2.93. The molecule has 0 saturated heterocycles. The average Bonchev–Trinajstić information content (AvgIpc) is 2.20. The number of Topliss-reactive ketones (excluding diaryl/α,β-unsaturated/α-hetero) is 1. The van der Waals surface area contributed by atoms with Crippen molar-refractivity contribution in [2.24, 2.45) is 0 Å². The van der Waals surface area contributed by atoms with Gasteiger partial charge in [-0.25, -0.2) is 8.78 Å². The maximum Gasteiger partial charge on any atom is 0.130 e. The minimum absolute atomic E-state index is 0.0689. The van der Waals surface area contributed by atoms with Crippen LogP contribution in [0.1, 0.15) is 31.4 Å². The van der Waals surface area contributed by atoms with Crippen molar-refractivity contribution in [3.05, 3.63) is 35.4 Å². The summed E-state index contributed by atoms with van der Waals surface area (Å²) in [5, 5.41) is 0. The van der Waals surface area contributed by atoms with Crippen molar-refractivity contribution >= 4 is 5.78 Å². The van der Waals surface area contributed by atoms with Gasteiger partial charge in [-0.15, -0.1) is 0 Å². The van der Waals surface area contributed by atoms with Gasteiger partial charge in [0.15, 0.2) is 0 Å². The molecule has 4 heteroatoms. The van der Waals surface area contributed by atoms with Gasteiger partial charge in [0.25, 0.3) is 0 Å². The van der Waals surface area contributed by atoms with E-state index < -0.39 is 11.6 Å². The van der Waals surface area contributed by atoms with E-state index in [9.17, 15) is 13.6 Å². The van der Waals surface area contributed by atoms with Crippen LogP contribution in [0.15, 0.2) is 18.2 Å². The summed E-state index contributed by atoms with van der Waals surface area (Å²) in [4.78, 5) is 12.8. The second-order valence-corrected chi connectivity index (χ2v) is 4.39. The molecule has 0 N–H and O–H groups in total. The van der Waals surface area contributed by atoms with E-state index in [2.05, 4.69) is 0 Å². The lowest BCUT2D eigenvalue weighted by molar-refractivity contribution is -0.117. The van der Waals surface area contributed by atoms with Crippen LogP contribution in [0.5, 0.6) is 0 Å². The van der Waals surface area contributed by atoms with Gasteiger partial charge in [0.2, 0.25) is 0 Å². The molecule has 0 aliphatic rings. The molecular formula is C13H17F2NO. The van der Waals surface area contributed by atoms with Crippen molar-refractivity contribution in [1.82, 2.24) is 4.90 Å². The lowest BCUT2D eigenvalue weighted by Crippen LogP contribution is -2.21. The van der Waals surface area contributed by atoms with Gasteiger partial charge in [-0.3, -0.25) is 0 Å². The second kappa shape index (κ2) is 5.87. The molecule has 17 heavy (non-hydrogen) atoms. The molecule has 1 aromatic rings. The van der Waals surface area contributed by atoms with E-state index in [0.717, 1.165) is 6.07 Å². The fraction of sp³-hybridized carbons (Fsp3) is 0.462. The predicted octanol–water partition coefficient (Wildman–Crippen LogP) is 2.94. The van der Waals surface area contributed by atoms with Crippen LogP contribution in [0.4, 0.5) is 8.78 Å². The zero-order valence-corrected chi connectivity index (χ0v) is 10.3. The highest BCUT2D eigenvalue weighted by molar-refractivity contribution is 5.75. The Morgan fingerprint density at radius 1 is 1.35 bits per heavy atom. The molecule has 1 rings (SSSR count). The van der Waals surface area contributed by atoms with Crippen molar-refractivity contribution < 1.29 is 13.6 Å². The molecule has 1 aromatic carbocycles. The quantitative estimate of drug-likeness (QED) is 0.790. The Bertz CT molecular complexity index is 404. The van der Waals surface area contributed by atoms with Gasteiger partial charge in [0.05, 0.1) is 0 Å². The van der Waals surface area contributed by atoms with Crippen LogP contribution in [0.3, 0.4) is 0 Å². The first kappa shape index (κ1) is 13.8. The number of rotatable bonds is 5. The highest BCUT2D eigenvalue weighted by Gasteiger charge is 2.18. The molecule has 0 amide bonds. The minimum Gasteiger partial charge on any atom is -0.302 e. The first-order valence-corrected chi connectivity index (χ1v) is 5.52. The molecule has 0 spiro atoms. The SMILES string of the molecule is CC(=O)CCC(c1ccc(F)cc1F)N(C)C. The fourth-order valence-electron chi connectivity index (χ4n) is 1.80. The third kappa shape index (κ3) is 3.89. The normalized spacial score (nSPS) is 12.8. The van der Waals surface area contributed by atoms with E-state index in [4.69, 9.17) is 0 Å². The summed E-state index contributed by atoms with van der Waals surface area (Å²) in [5.74, 6) is -1.08. The lowest BCUT2D eigenvalue weighted by Gasteiger charge is -2.24. The number of halogens is 2. The molecule has 0 saturated carbocycles. The summed E-state index contributed by atoms with van der Waals surface area (Å²) >= 11 is 0. The molecule has 0 aliphatic carbocycles. The van der Waals surface area contributed by atoms with Crippen LogP contribution in [-0.2, 0) is 4.79 Å². The van der Waals surface area contributed by atoms with Crippen LogP contribution in [0.2, 0.25) is 0 Å². The maximum absolute atomic E-state index is 13.6. The van der Waals surface area contributed by atoms with E-state index >= 15 is 0 Å². The molecule has 0 aliphatic heterocycles. The Morgan fingerprint density at radius 3 is 2.47 bits per heavy atom. The Hall–Kier alpha value is -1.29. The highest BCUT2D eigenvalue weighted by atomic mass is 19.1. The molecule has 0 bridgehead atoms. The Morgan fingerprint density at radius 2 is 2.00 bits per heavy atom. The second-order valence-electron chi connectivity index (χ2n) is 4.39. The minimum atomic E-state index is -0.588. The van der Waals surface area contributed by atoms with Crippen LogP contribution in [0, 0.1) is 11.6 Å². The number of ketones is 1. The summed E-state index contributed by atoms with van der Waals surface area (Å²) in [6.45, 7) is 1.51. The van der Waals surface area contributed by atoms with Crippen molar-refractivity contribution in [2.45, 2.75) is 25.8 Å². The summed E-state index contributed by atoms with van der Waals surface area (Å²) in [7, 11) is 3.63. The van der Waals surface area contributed by atoms with Gasteiger partial charge in [0.1, 0.15) is 17.4 Å². The van der Waals surface area contributed by atoms with E-state index in [0.29, 0.717) is 18.4 Å². The standard InChI is InChI=1S/C13H17F2NO/c1-9(17)4-7-13(16(2)3)11-6-5-10(14)8-12(11)15/h5-6,8,13H,4,7H2,1-3H3. The molecular weight excluding hydrogens is 224 g/mol. The van der Waals surface area contributed by atoms with Crippen LogP contribution < -0.4 is 0 Å². The topological polar surface area (TPSA) is 20.3 Å².